The van der Waals surface area contributed by atoms with Crippen LogP contribution in [0.15, 0.2) is 65.4 Å². The molecule has 4 rings (SSSR count). The van der Waals surface area contributed by atoms with E-state index in [1.807, 2.05) is 13.1 Å². The molecule has 39 heavy (non-hydrogen) atoms. The summed E-state index contributed by atoms with van der Waals surface area (Å²) in [4.78, 5) is 30.8. The van der Waals surface area contributed by atoms with Crippen LogP contribution in [0.4, 0.5) is 13.6 Å². The van der Waals surface area contributed by atoms with E-state index in [1.54, 1.807) is 35.3 Å². The summed E-state index contributed by atoms with van der Waals surface area (Å²) in [5.74, 6) is -0.853. The Morgan fingerprint density at radius 2 is 1.92 bits per heavy atom. The molecule has 3 aromatic rings. The fourth-order valence-corrected chi connectivity index (χ4v) is 5.16. The van der Waals surface area contributed by atoms with Gasteiger partial charge in [0.1, 0.15) is 17.2 Å². The summed E-state index contributed by atoms with van der Waals surface area (Å²) in [6.45, 7) is 7.62. The number of carbonyl (C=O) groups is 2. The summed E-state index contributed by atoms with van der Waals surface area (Å²) in [6.07, 6.45) is 6.66. The summed E-state index contributed by atoms with van der Waals surface area (Å²) >= 11 is 3.19. The molecular weight excluding hydrogens is 568 g/mol. The molecule has 7 nitrogen and oxygen atoms in total. The number of fused-ring (bicyclic) bond motifs is 1. The lowest BCUT2D eigenvalue weighted by Gasteiger charge is -2.41. The number of rotatable bonds is 9. The van der Waals surface area contributed by atoms with Crippen molar-refractivity contribution in [3.05, 3.63) is 88.2 Å². The summed E-state index contributed by atoms with van der Waals surface area (Å²) in [7, 11) is 0. The van der Waals surface area contributed by atoms with Gasteiger partial charge in [-0.05, 0) is 89.7 Å². The lowest BCUT2D eigenvalue weighted by molar-refractivity contribution is -0.129. The first kappa shape index (κ1) is 28.4. The summed E-state index contributed by atoms with van der Waals surface area (Å²) in [5.41, 5.74) is 2.07. The zero-order valence-electron chi connectivity index (χ0n) is 21.8. The minimum Gasteiger partial charge on any atom is -0.372 e. The van der Waals surface area contributed by atoms with Crippen molar-refractivity contribution in [2.24, 2.45) is 0 Å². The van der Waals surface area contributed by atoms with Gasteiger partial charge in [-0.15, -0.1) is 0 Å². The van der Waals surface area contributed by atoms with Gasteiger partial charge in [-0.3, -0.25) is 4.79 Å². The van der Waals surface area contributed by atoms with E-state index in [0.29, 0.717) is 55.6 Å². The van der Waals surface area contributed by atoms with Crippen LogP contribution in [0.25, 0.3) is 17.0 Å². The number of aromatic nitrogens is 1. The second-order valence-corrected chi connectivity index (χ2v) is 10.4. The van der Waals surface area contributed by atoms with Gasteiger partial charge in [-0.2, -0.15) is 0 Å². The number of allylic oxidation sites excluding steroid dienone is 1. The predicted molar refractivity (Wildman–Crippen MR) is 153 cm³/mol. The van der Waals surface area contributed by atoms with E-state index in [9.17, 15) is 18.4 Å². The van der Waals surface area contributed by atoms with Crippen LogP contribution in [0.5, 0.6) is 0 Å². The number of nitrogens with one attached hydrogen (secondary N) is 4. The Hall–Kier alpha value is -3.66. The molecule has 1 saturated heterocycles. The van der Waals surface area contributed by atoms with E-state index in [0.717, 1.165) is 22.0 Å². The smallest absolute Gasteiger partial charge is 0.317 e. The molecule has 206 valence electrons. The van der Waals surface area contributed by atoms with Gasteiger partial charge in [0.25, 0.3) is 0 Å². The van der Waals surface area contributed by atoms with Crippen LogP contribution >= 0.6 is 15.9 Å². The van der Waals surface area contributed by atoms with Gasteiger partial charge >= 0.3 is 6.03 Å². The molecule has 1 aliphatic rings. The van der Waals surface area contributed by atoms with E-state index < -0.39 is 5.54 Å². The number of amides is 3. The molecule has 0 saturated carbocycles. The normalized spacial score (nSPS) is 14.9. The average molecular weight is 601 g/mol. The number of nitrogens with zero attached hydrogens (tertiary/aromatic N) is 1. The number of carbonyl (C=O) groups excluding carboxylic acids is 2. The number of halogens is 3. The Morgan fingerprint density at radius 1 is 1.15 bits per heavy atom. The second kappa shape index (κ2) is 12.5. The molecule has 3 amide bonds. The third-order valence-electron chi connectivity index (χ3n) is 6.90. The van der Waals surface area contributed by atoms with Crippen LogP contribution < -0.4 is 16.0 Å². The Kier molecular flexibility index (Phi) is 9.06. The number of benzene rings is 2. The van der Waals surface area contributed by atoms with Crippen LogP contribution in [0.1, 0.15) is 30.9 Å². The standard InChI is InChI=1S/C29H32BrF2N5O2/c1-3-33-28(39)37-14-11-29(12-15-37,36-19(2)4-5-20-6-8-25(32)24(30)16-20)27(38)34-13-10-21-18-35-26-9-7-22(31)17-23(21)26/h4-9,16-18,35-36H,2-3,10-15H2,1H3,(H,33,39)(H,34,38)/b5-4+. The van der Waals surface area contributed by atoms with Crippen molar-refractivity contribution in [3.8, 4) is 0 Å². The van der Waals surface area contributed by atoms with Crippen molar-refractivity contribution in [1.82, 2.24) is 25.8 Å². The topological polar surface area (TPSA) is 89.3 Å². The summed E-state index contributed by atoms with van der Waals surface area (Å²) < 4.78 is 27.7. The van der Waals surface area contributed by atoms with Gasteiger partial charge in [0, 0.05) is 49.0 Å². The van der Waals surface area contributed by atoms with Crippen LogP contribution in [0, 0.1) is 11.6 Å². The highest BCUT2D eigenvalue weighted by atomic mass is 79.9. The number of H-pyrrole nitrogens is 1. The zero-order valence-corrected chi connectivity index (χ0v) is 23.3. The number of aromatic amines is 1. The molecule has 4 N–H and O–H groups in total. The average Bonchev–Trinajstić information content (AvgIpc) is 3.31. The first-order valence-electron chi connectivity index (χ1n) is 12.9. The zero-order chi connectivity index (χ0) is 28.0. The highest BCUT2D eigenvalue weighted by molar-refractivity contribution is 9.10. The van der Waals surface area contributed by atoms with E-state index in [1.165, 1.54) is 18.2 Å². The Balaban J connectivity index is 1.45. The molecular formula is C29H32BrF2N5O2. The lowest BCUT2D eigenvalue weighted by atomic mass is 9.86. The molecule has 1 aliphatic heterocycles. The largest absolute Gasteiger partial charge is 0.372 e. The number of hydrogen-bond donors (Lipinski definition) is 4. The Morgan fingerprint density at radius 3 is 2.64 bits per heavy atom. The molecule has 0 unspecified atom stereocenters. The van der Waals surface area contributed by atoms with Crippen LogP contribution in [-0.2, 0) is 11.2 Å². The first-order valence-corrected chi connectivity index (χ1v) is 13.7. The van der Waals surface area contributed by atoms with E-state index in [-0.39, 0.29) is 23.6 Å². The number of piperidine rings is 1. The number of urea groups is 1. The first-order chi connectivity index (χ1) is 18.7. The van der Waals surface area contributed by atoms with Gasteiger partial charge in [-0.25, -0.2) is 13.6 Å². The molecule has 0 atom stereocenters. The van der Waals surface area contributed by atoms with Gasteiger partial charge in [0.15, 0.2) is 0 Å². The van der Waals surface area contributed by atoms with Gasteiger partial charge < -0.3 is 25.8 Å². The van der Waals surface area contributed by atoms with Gasteiger partial charge in [0.2, 0.25) is 5.91 Å². The minimum absolute atomic E-state index is 0.154. The van der Waals surface area contributed by atoms with E-state index >= 15 is 0 Å². The molecule has 1 aromatic heterocycles. The highest BCUT2D eigenvalue weighted by Crippen LogP contribution is 2.26. The fraction of sp³-hybridized carbons (Fsp3) is 0.310. The highest BCUT2D eigenvalue weighted by Gasteiger charge is 2.42. The quantitative estimate of drug-likeness (QED) is 0.253. The third-order valence-corrected chi connectivity index (χ3v) is 7.50. The van der Waals surface area contributed by atoms with Crippen molar-refractivity contribution in [3.63, 3.8) is 0 Å². The van der Waals surface area contributed by atoms with Crippen LogP contribution in [-0.4, -0.2) is 53.5 Å². The summed E-state index contributed by atoms with van der Waals surface area (Å²) in [5, 5.41) is 9.93. The van der Waals surface area contributed by atoms with E-state index in [4.69, 9.17) is 0 Å². The van der Waals surface area contributed by atoms with Crippen LogP contribution in [0.3, 0.4) is 0 Å². The molecule has 2 heterocycles. The van der Waals surface area contributed by atoms with E-state index in [2.05, 4.69) is 43.4 Å². The Bertz CT molecular complexity index is 1400. The third kappa shape index (κ3) is 6.86. The van der Waals surface area contributed by atoms with Crippen LogP contribution in [0.2, 0.25) is 0 Å². The molecule has 2 aromatic carbocycles. The minimum atomic E-state index is -0.972. The molecule has 0 radical (unpaired) electrons. The number of hydrogen-bond acceptors (Lipinski definition) is 3. The van der Waals surface area contributed by atoms with Crippen molar-refractivity contribution < 1.29 is 18.4 Å². The fourth-order valence-electron chi connectivity index (χ4n) is 4.76. The van der Waals surface area contributed by atoms with Gasteiger partial charge in [0.05, 0.1) is 4.47 Å². The Labute approximate surface area is 234 Å². The maximum atomic E-state index is 13.7. The van der Waals surface area contributed by atoms with Gasteiger partial charge in [-0.1, -0.05) is 18.7 Å². The molecule has 10 heteroatoms. The maximum absolute atomic E-state index is 13.7. The maximum Gasteiger partial charge on any atom is 0.317 e. The number of likely N-dealkylation sites (tertiary alicyclic amines) is 1. The monoisotopic (exact) mass is 599 g/mol. The molecule has 0 spiro atoms. The molecule has 1 fully saturated rings. The lowest BCUT2D eigenvalue weighted by Crippen LogP contribution is -2.62. The second-order valence-electron chi connectivity index (χ2n) is 9.57. The van der Waals surface area contributed by atoms with Crippen molar-refractivity contribution >= 4 is 44.8 Å². The molecule has 0 aliphatic carbocycles. The van der Waals surface area contributed by atoms with Crippen molar-refractivity contribution in [1.29, 1.82) is 0 Å². The van der Waals surface area contributed by atoms with Crippen molar-refractivity contribution in [2.45, 2.75) is 31.7 Å². The SMILES string of the molecule is C=C(/C=C/c1ccc(F)c(Br)c1)NC1(C(=O)NCCc2c[nH]c3ccc(F)cc23)CCN(C(=O)NCC)CC1. The predicted octanol–water partition coefficient (Wildman–Crippen LogP) is 5.25. The van der Waals surface area contributed by atoms with Crippen molar-refractivity contribution in [2.75, 3.05) is 26.2 Å². The molecule has 0 bridgehead atoms. The summed E-state index contributed by atoms with van der Waals surface area (Å²) in [6, 6.07) is 9.10.